The third-order valence-corrected chi connectivity index (χ3v) is 2.55. The zero-order valence-corrected chi connectivity index (χ0v) is 10.7. The van der Waals surface area contributed by atoms with Crippen molar-refractivity contribution in [1.82, 2.24) is 24.6 Å². The largest absolute Gasteiger partial charge is 0.366 e. The molecule has 2 heterocycles. The zero-order valence-electron chi connectivity index (χ0n) is 10.7. The van der Waals surface area contributed by atoms with E-state index >= 15 is 0 Å². The van der Waals surface area contributed by atoms with Gasteiger partial charge in [0.1, 0.15) is 12.1 Å². The molecular formula is C11H18N6. The van der Waals surface area contributed by atoms with Gasteiger partial charge in [0.25, 0.3) is 0 Å². The fourth-order valence-electron chi connectivity index (χ4n) is 1.90. The summed E-state index contributed by atoms with van der Waals surface area (Å²) >= 11 is 0. The highest BCUT2D eigenvalue weighted by Crippen LogP contribution is 2.18. The van der Waals surface area contributed by atoms with Crippen molar-refractivity contribution in [3.63, 3.8) is 0 Å². The van der Waals surface area contributed by atoms with E-state index in [0.29, 0.717) is 6.04 Å². The molecule has 2 aromatic heterocycles. The standard InChI is InChI=1S/C11H18N6/c1-8(6-16(2)3)15-10-9-5-14-17(4)11(9)13-7-12-10/h5,7-8H,6H2,1-4H3,(H,12,13,15). The van der Waals surface area contributed by atoms with Crippen molar-refractivity contribution in [2.24, 2.45) is 7.05 Å². The molecular weight excluding hydrogens is 216 g/mol. The fourth-order valence-corrected chi connectivity index (χ4v) is 1.90. The lowest BCUT2D eigenvalue weighted by atomic mass is 10.3. The van der Waals surface area contributed by atoms with Crippen LogP contribution in [0.1, 0.15) is 6.92 Å². The molecule has 92 valence electrons. The first-order valence-corrected chi connectivity index (χ1v) is 5.62. The summed E-state index contributed by atoms with van der Waals surface area (Å²) in [7, 11) is 5.98. The minimum absolute atomic E-state index is 0.323. The van der Waals surface area contributed by atoms with Gasteiger partial charge in [-0.3, -0.25) is 4.68 Å². The number of fused-ring (bicyclic) bond motifs is 1. The molecule has 0 saturated heterocycles. The lowest BCUT2D eigenvalue weighted by Crippen LogP contribution is -2.30. The number of rotatable bonds is 4. The van der Waals surface area contributed by atoms with Crippen molar-refractivity contribution in [2.75, 3.05) is 26.0 Å². The number of nitrogens with one attached hydrogen (secondary N) is 1. The van der Waals surface area contributed by atoms with Gasteiger partial charge in [-0.2, -0.15) is 5.10 Å². The summed E-state index contributed by atoms with van der Waals surface area (Å²) in [5.41, 5.74) is 0.847. The Bertz CT molecular complexity index is 504. The smallest absolute Gasteiger partial charge is 0.163 e. The molecule has 1 unspecified atom stereocenters. The molecule has 0 saturated carbocycles. The second-order valence-corrected chi connectivity index (χ2v) is 4.54. The van der Waals surface area contributed by atoms with Crippen LogP contribution in [0.15, 0.2) is 12.5 Å². The lowest BCUT2D eigenvalue weighted by Gasteiger charge is -2.18. The van der Waals surface area contributed by atoms with Crippen LogP contribution in [0.3, 0.4) is 0 Å². The van der Waals surface area contributed by atoms with Gasteiger partial charge in [0.05, 0.1) is 11.6 Å². The monoisotopic (exact) mass is 234 g/mol. The first-order valence-electron chi connectivity index (χ1n) is 5.62. The molecule has 17 heavy (non-hydrogen) atoms. The Labute approximate surface area is 101 Å². The van der Waals surface area contributed by atoms with Crippen molar-refractivity contribution in [3.8, 4) is 0 Å². The summed E-state index contributed by atoms with van der Waals surface area (Å²) in [5, 5.41) is 8.53. The summed E-state index contributed by atoms with van der Waals surface area (Å²) in [5.74, 6) is 0.845. The minimum atomic E-state index is 0.323. The molecule has 2 rings (SSSR count). The Balaban J connectivity index is 2.24. The van der Waals surface area contributed by atoms with Crippen LogP contribution >= 0.6 is 0 Å². The molecule has 0 aliphatic heterocycles. The Kier molecular flexibility index (Phi) is 3.23. The molecule has 0 spiro atoms. The maximum atomic E-state index is 4.27. The summed E-state index contributed by atoms with van der Waals surface area (Å²) in [4.78, 5) is 10.6. The highest BCUT2D eigenvalue weighted by Gasteiger charge is 2.10. The van der Waals surface area contributed by atoms with E-state index in [2.05, 4.69) is 46.3 Å². The van der Waals surface area contributed by atoms with Crippen LogP contribution in [0.2, 0.25) is 0 Å². The van der Waals surface area contributed by atoms with Gasteiger partial charge < -0.3 is 10.2 Å². The molecule has 0 fully saturated rings. The molecule has 6 nitrogen and oxygen atoms in total. The Morgan fingerprint density at radius 2 is 2.18 bits per heavy atom. The molecule has 0 bridgehead atoms. The van der Waals surface area contributed by atoms with Crippen LogP contribution in [0, 0.1) is 0 Å². The van der Waals surface area contributed by atoms with Crippen LogP contribution in [0.5, 0.6) is 0 Å². The fraction of sp³-hybridized carbons (Fsp3) is 0.545. The van der Waals surface area contributed by atoms with Crippen molar-refractivity contribution < 1.29 is 0 Å². The summed E-state index contributed by atoms with van der Waals surface area (Å²) in [6.07, 6.45) is 3.36. The Morgan fingerprint density at radius 3 is 2.88 bits per heavy atom. The molecule has 1 atom stereocenters. The molecule has 1 N–H and O–H groups in total. The van der Waals surface area contributed by atoms with Crippen molar-refractivity contribution >= 4 is 16.9 Å². The average molecular weight is 234 g/mol. The average Bonchev–Trinajstić information content (AvgIpc) is 2.61. The maximum absolute atomic E-state index is 4.27. The number of aromatic nitrogens is 4. The normalized spacial score (nSPS) is 13.2. The van der Waals surface area contributed by atoms with E-state index in [1.54, 1.807) is 17.2 Å². The maximum Gasteiger partial charge on any atom is 0.163 e. The first kappa shape index (κ1) is 11.8. The first-order chi connectivity index (χ1) is 8.08. The van der Waals surface area contributed by atoms with Crippen molar-refractivity contribution in [1.29, 1.82) is 0 Å². The second kappa shape index (κ2) is 4.67. The molecule has 0 aromatic carbocycles. The third kappa shape index (κ3) is 2.52. The van der Waals surface area contributed by atoms with E-state index in [1.165, 1.54) is 0 Å². The number of anilines is 1. The molecule has 0 radical (unpaired) electrons. The molecule has 2 aromatic rings. The van der Waals surface area contributed by atoms with Crippen LogP contribution in [-0.2, 0) is 7.05 Å². The molecule has 0 aliphatic carbocycles. The van der Waals surface area contributed by atoms with E-state index in [9.17, 15) is 0 Å². The second-order valence-electron chi connectivity index (χ2n) is 4.54. The quantitative estimate of drug-likeness (QED) is 0.845. The van der Waals surface area contributed by atoms with Crippen LogP contribution < -0.4 is 5.32 Å². The highest BCUT2D eigenvalue weighted by molar-refractivity contribution is 5.86. The van der Waals surface area contributed by atoms with Gasteiger partial charge in [0, 0.05) is 19.6 Å². The summed E-state index contributed by atoms with van der Waals surface area (Å²) in [6, 6.07) is 0.323. The number of hydrogen-bond acceptors (Lipinski definition) is 5. The Hall–Kier alpha value is -1.69. The topological polar surface area (TPSA) is 58.9 Å². The van der Waals surface area contributed by atoms with Gasteiger partial charge in [0.15, 0.2) is 5.65 Å². The van der Waals surface area contributed by atoms with E-state index < -0.39 is 0 Å². The number of aryl methyl sites for hydroxylation is 1. The van der Waals surface area contributed by atoms with Gasteiger partial charge in [0.2, 0.25) is 0 Å². The third-order valence-electron chi connectivity index (χ3n) is 2.55. The van der Waals surface area contributed by atoms with Gasteiger partial charge >= 0.3 is 0 Å². The lowest BCUT2D eigenvalue weighted by molar-refractivity contribution is 0.392. The number of nitrogens with zero attached hydrogens (tertiary/aromatic N) is 5. The van der Waals surface area contributed by atoms with E-state index in [4.69, 9.17) is 0 Å². The molecule has 6 heteroatoms. The van der Waals surface area contributed by atoms with E-state index in [-0.39, 0.29) is 0 Å². The van der Waals surface area contributed by atoms with Crippen molar-refractivity contribution in [3.05, 3.63) is 12.5 Å². The molecule has 0 amide bonds. The van der Waals surface area contributed by atoms with Crippen LogP contribution in [0.4, 0.5) is 5.82 Å². The van der Waals surface area contributed by atoms with Gasteiger partial charge in [-0.1, -0.05) is 0 Å². The van der Waals surface area contributed by atoms with Crippen LogP contribution in [-0.4, -0.2) is 51.3 Å². The van der Waals surface area contributed by atoms with E-state index in [0.717, 1.165) is 23.4 Å². The van der Waals surface area contributed by atoms with Crippen LogP contribution in [0.25, 0.3) is 11.0 Å². The number of hydrogen-bond donors (Lipinski definition) is 1. The Morgan fingerprint density at radius 1 is 1.41 bits per heavy atom. The van der Waals surface area contributed by atoms with Gasteiger partial charge in [-0.05, 0) is 21.0 Å². The molecule has 0 aliphatic rings. The van der Waals surface area contributed by atoms with Gasteiger partial charge in [-0.15, -0.1) is 0 Å². The summed E-state index contributed by atoms with van der Waals surface area (Å²) < 4.78 is 1.75. The predicted octanol–water partition coefficient (Wildman–Crippen LogP) is 0.725. The van der Waals surface area contributed by atoms with E-state index in [1.807, 2.05) is 7.05 Å². The predicted molar refractivity (Wildman–Crippen MR) is 67.9 cm³/mol. The van der Waals surface area contributed by atoms with Gasteiger partial charge in [-0.25, -0.2) is 9.97 Å². The highest BCUT2D eigenvalue weighted by atomic mass is 15.3. The summed E-state index contributed by atoms with van der Waals surface area (Å²) in [6.45, 7) is 3.08. The zero-order chi connectivity index (χ0) is 12.4. The van der Waals surface area contributed by atoms with Crippen molar-refractivity contribution in [2.45, 2.75) is 13.0 Å². The SMILES string of the molecule is CC(CN(C)C)Nc1ncnc2c1cnn2C. The number of likely N-dealkylation sites (N-methyl/N-ethyl adjacent to an activating group) is 1. The minimum Gasteiger partial charge on any atom is -0.366 e.